The van der Waals surface area contributed by atoms with Gasteiger partial charge in [-0.1, -0.05) is 35.5 Å². The van der Waals surface area contributed by atoms with E-state index in [1.54, 1.807) is 24.8 Å². The van der Waals surface area contributed by atoms with Crippen LogP contribution in [0.5, 0.6) is 0 Å². The number of hydrogen-bond donors (Lipinski definition) is 1. The highest BCUT2D eigenvalue weighted by Crippen LogP contribution is 2.34. The number of benzene rings is 2. The first-order chi connectivity index (χ1) is 9.10. The van der Waals surface area contributed by atoms with Crippen molar-refractivity contribution in [3.8, 4) is 6.07 Å². The zero-order valence-electron chi connectivity index (χ0n) is 10.9. The second-order valence-electron chi connectivity index (χ2n) is 4.46. The molecule has 3 heteroatoms. The molecule has 19 heavy (non-hydrogen) atoms. The number of rotatable bonds is 3. The van der Waals surface area contributed by atoms with Crippen molar-refractivity contribution in [1.29, 1.82) is 5.26 Å². The highest BCUT2D eigenvalue weighted by atomic mass is 32.2. The van der Waals surface area contributed by atoms with Crippen molar-refractivity contribution in [3.05, 3.63) is 59.2 Å². The summed E-state index contributed by atoms with van der Waals surface area (Å²) in [6.45, 7) is 3.78. The van der Waals surface area contributed by atoms with Gasteiger partial charge in [0.15, 0.2) is 0 Å². The summed E-state index contributed by atoms with van der Waals surface area (Å²) in [7, 11) is 0. The number of aliphatic hydroxyl groups excluding tert-OH is 1. The maximum absolute atomic E-state index is 9.80. The van der Waals surface area contributed by atoms with Gasteiger partial charge in [0.05, 0.1) is 17.7 Å². The van der Waals surface area contributed by atoms with Gasteiger partial charge in [-0.15, -0.1) is 0 Å². The molecule has 2 aromatic rings. The van der Waals surface area contributed by atoms with Crippen LogP contribution in [-0.2, 0) is 0 Å². The summed E-state index contributed by atoms with van der Waals surface area (Å²) in [4.78, 5) is 2.04. The van der Waals surface area contributed by atoms with E-state index in [0.29, 0.717) is 5.56 Å². The molecule has 0 fully saturated rings. The van der Waals surface area contributed by atoms with E-state index >= 15 is 0 Å². The van der Waals surface area contributed by atoms with Gasteiger partial charge in [0.25, 0.3) is 0 Å². The second-order valence-corrected chi connectivity index (χ2v) is 5.57. The van der Waals surface area contributed by atoms with Gasteiger partial charge < -0.3 is 5.11 Å². The van der Waals surface area contributed by atoms with Crippen LogP contribution in [0.25, 0.3) is 0 Å². The predicted molar refractivity (Wildman–Crippen MR) is 77.1 cm³/mol. The number of hydrogen-bond acceptors (Lipinski definition) is 3. The minimum Gasteiger partial charge on any atom is -0.389 e. The molecule has 0 amide bonds. The minimum absolute atomic E-state index is 0.542. The Bertz CT molecular complexity index is 629. The fourth-order valence-electron chi connectivity index (χ4n) is 1.84. The summed E-state index contributed by atoms with van der Waals surface area (Å²) in [5.41, 5.74) is 2.66. The fraction of sp³-hybridized carbons (Fsp3) is 0.188. The van der Waals surface area contributed by atoms with Crippen molar-refractivity contribution >= 4 is 11.8 Å². The molecule has 0 spiro atoms. The summed E-state index contributed by atoms with van der Waals surface area (Å²) >= 11 is 1.58. The minimum atomic E-state index is -0.542. The van der Waals surface area contributed by atoms with E-state index in [0.717, 1.165) is 15.4 Å². The monoisotopic (exact) mass is 269 g/mol. The zero-order valence-corrected chi connectivity index (χ0v) is 11.7. The van der Waals surface area contributed by atoms with Crippen molar-refractivity contribution in [2.45, 2.75) is 29.7 Å². The topological polar surface area (TPSA) is 44.0 Å². The summed E-state index contributed by atoms with van der Waals surface area (Å²) in [5.74, 6) is 0. The van der Waals surface area contributed by atoms with Crippen molar-refractivity contribution in [2.75, 3.05) is 0 Å². The van der Waals surface area contributed by atoms with Gasteiger partial charge in [-0.25, -0.2) is 0 Å². The molecule has 2 nitrogen and oxygen atoms in total. The fourth-order valence-corrected chi connectivity index (χ4v) is 3.03. The number of aliphatic hydroxyl groups is 1. The Morgan fingerprint density at radius 2 is 2.00 bits per heavy atom. The number of nitrogens with zero attached hydrogens (tertiary/aromatic N) is 1. The van der Waals surface area contributed by atoms with Gasteiger partial charge in [-0.2, -0.15) is 5.26 Å². The lowest BCUT2D eigenvalue weighted by Crippen LogP contribution is -1.94. The quantitative estimate of drug-likeness (QED) is 0.913. The molecular formula is C16H15NOS. The lowest BCUT2D eigenvalue weighted by Gasteiger charge is -2.12. The predicted octanol–water partition coefficient (Wildman–Crippen LogP) is 4.07. The average molecular weight is 269 g/mol. The molecule has 1 atom stereocenters. The summed E-state index contributed by atoms with van der Waals surface area (Å²) in [6, 6.07) is 15.7. The first-order valence-electron chi connectivity index (χ1n) is 6.07. The Labute approximate surface area is 117 Å². The molecule has 0 radical (unpaired) electrons. The van der Waals surface area contributed by atoms with Crippen molar-refractivity contribution < 1.29 is 5.11 Å². The molecular weight excluding hydrogens is 254 g/mol. The summed E-state index contributed by atoms with van der Waals surface area (Å²) in [5, 5.41) is 18.8. The molecule has 1 unspecified atom stereocenters. The van der Waals surface area contributed by atoms with Crippen molar-refractivity contribution in [1.82, 2.24) is 0 Å². The Hall–Kier alpha value is -1.76. The van der Waals surface area contributed by atoms with Crippen molar-refractivity contribution in [2.24, 2.45) is 0 Å². The van der Waals surface area contributed by atoms with E-state index in [1.165, 1.54) is 5.56 Å². The molecule has 0 aromatic heterocycles. The van der Waals surface area contributed by atoms with Crippen LogP contribution in [0.4, 0.5) is 0 Å². The lowest BCUT2D eigenvalue weighted by atomic mass is 10.1. The van der Waals surface area contributed by atoms with Gasteiger partial charge >= 0.3 is 0 Å². The molecule has 2 rings (SSSR count). The SMILES string of the molecule is Cc1cccc(Sc2cc(C#N)ccc2C(C)O)c1. The molecule has 0 aliphatic heterocycles. The Morgan fingerprint density at radius 3 is 2.63 bits per heavy atom. The van der Waals surface area contributed by atoms with E-state index in [-0.39, 0.29) is 0 Å². The molecule has 96 valence electrons. The standard InChI is InChI=1S/C16H15NOS/c1-11-4-3-5-14(8-11)19-16-9-13(10-17)6-7-15(16)12(2)18/h3-9,12,18H,1-2H3. The van der Waals surface area contributed by atoms with Gasteiger partial charge in [0, 0.05) is 9.79 Å². The first-order valence-corrected chi connectivity index (χ1v) is 6.88. The van der Waals surface area contributed by atoms with Crippen LogP contribution in [0.1, 0.15) is 29.7 Å². The third-order valence-corrected chi connectivity index (χ3v) is 3.87. The highest BCUT2D eigenvalue weighted by Gasteiger charge is 2.10. The average Bonchev–Trinajstić information content (AvgIpc) is 2.38. The maximum Gasteiger partial charge on any atom is 0.0992 e. The first kappa shape index (κ1) is 13.7. The number of aryl methyl sites for hydroxylation is 1. The maximum atomic E-state index is 9.80. The van der Waals surface area contributed by atoms with Crippen molar-refractivity contribution in [3.63, 3.8) is 0 Å². The molecule has 0 aliphatic carbocycles. The zero-order chi connectivity index (χ0) is 13.8. The molecule has 0 aliphatic rings. The van der Waals surface area contributed by atoms with Crippen LogP contribution in [0.2, 0.25) is 0 Å². The van der Waals surface area contributed by atoms with Crippen LogP contribution in [0, 0.1) is 18.3 Å². The van der Waals surface area contributed by atoms with Crippen LogP contribution in [-0.4, -0.2) is 5.11 Å². The van der Waals surface area contributed by atoms with E-state index in [1.807, 2.05) is 37.3 Å². The van der Waals surface area contributed by atoms with Crippen LogP contribution < -0.4 is 0 Å². The molecule has 0 saturated carbocycles. The van der Waals surface area contributed by atoms with E-state index in [4.69, 9.17) is 5.26 Å². The molecule has 1 N–H and O–H groups in total. The van der Waals surface area contributed by atoms with Gasteiger partial charge in [0.1, 0.15) is 0 Å². The van der Waals surface area contributed by atoms with Gasteiger partial charge in [-0.05, 0) is 43.7 Å². The van der Waals surface area contributed by atoms with E-state index in [9.17, 15) is 5.11 Å². The molecule has 0 heterocycles. The van der Waals surface area contributed by atoms with Gasteiger partial charge in [-0.3, -0.25) is 0 Å². The van der Waals surface area contributed by atoms with E-state index < -0.39 is 6.10 Å². The van der Waals surface area contributed by atoms with Crippen LogP contribution in [0.15, 0.2) is 52.3 Å². The lowest BCUT2D eigenvalue weighted by molar-refractivity contribution is 0.196. The number of nitriles is 1. The normalized spacial score (nSPS) is 11.9. The highest BCUT2D eigenvalue weighted by molar-refractivity contribution is 7.99. The van der Waals surface area contributed by atoms with E-state index in [2.05, 4.69) is 12.1 Å². The summed E-state index contributed by atoms with van der Waals surface area (Å²) in [6.07, 6.45) is -0.542. The largest absolute Gasteiger partial charge is 0.389 e. The third kappa shape index (κ3) is 3.37. The third-order valence-electron chi connectivity index (χ3n) is 2.81. The van der Waals surface area contributed by atoms with Crippen LogP contribution in [0.3, 0.4) is 0 Å². The molecule has 2 aromatic carbocycles. The summed E-state index contributed by atoms with van der Waals surface area (Å²) < 4.78 is 0. The van der Waals surface area contributed by atoms with Gasteiger partial charge in [0.2, 0.25) is 0 Å². The Morgan fingerprint density at radius 1 is 1.21 bits per heavy atom. The Kier molecular flexibility index (Phi) is 4.26. The smallest absolute Gasteiger partial charge is 0.0992 e. The molecule has 0 bridgehead atoms. The second kappa shape index (κ2) is 5.92. The van der Waals surface area contributed by atoms with Crippen LogP contribution >= 0.6 is 11.8 Å². The molecule has 0 saturated heterocycles. The Balaban J connectivity index is 2.40.